The van der Waals surface area contributed by atoms with E-state index in [1.165, 1.54) is 0 Å². The zero-order valence-corrected chi connectivity index (χ0v) is 15.5. The number of piperidine rings is 1. The van der Waals surface area contributed by atoms with Crippen molar-refractivity contribution in [3.8, 4) is 5.75 Å². The van der Waals surface area contributed by atoms with Crippen molar-refractivity contribution in [1.29, 1.82) is 0 Å². The summed E-state index contributed by atoms with van der Waals surface area (Å²) in [6, 6.07) is 17.4. The summed E-state index contributed by atoms with van der Waals surface area (Å²) >= 11 is 0. The largest absolute Gasteiger partial charge is 0.488 e. The van der Waals surface area contributed by atoms with E-state index in [0.29, 0.717) is 31.0 Å². The molecule has 140 valence electrons. The molecular formula is C22H24N2O3. The van der Waals surface area contributed by atoms with Gasteiger partial charge in [-0.1, -0.05) is 42.5 Å². The summed E-state index contributed by atoms with van der Waals surface area (Å²) in [4.78, 5) is 29.3. The molecular weight excluding hydrogens is 340 g/mol. The summed E-state index contributed by atoms with van der Waals surface area (Å²) in [7, 11) is 1.85. The van der Waals surface area contributed by atoms with Gasteiger partial charge < -0.3 is 14.5 Å². The minimum Gasteiger partial charge on any atom is -0.488 e. The molecule has 27 heavy (non-hydrogen) atoms. The molecule has 0 aliphatic carbocycles. The highest BCUT2D eigenvalue weighted by molar-refractivity contribution is 5.97. The first-order valence-corrected chi connectivity index (χ1v) is 9.45. The predicted molar refractivity (Wildman–Crippen MR) is 102 cm³/mol. The van der Waals surface area contributed by atoms with E-state index in [-0.39, 0.29) is 23.8 Å². The third-order valence-corrected chi connectivity index (χ3v) is 5.61. The lowest BCUT2D eigenvalue weighted by atomic mass is 9.95. The summed E-state index contributed by atoms with van der Waals surface area (Å²) in [5, 5.41) is 0. The van der Waals surface area contributed by atoms with E-state index < -0.39 is 0 Å². The van der Waals surface area contributed by atoms with Crippen LogP contribution in [0.25, 0.3) is 0 Å². The van der Waals surface area contributed by atoms with Crippen molar-refractivity contribution in [2.24, 2.45) is 5.92 Å². The highest BCUT2D eigenvalue weighted by atomic mass is 16.5. The lowest BCUT2D eigenvalue weighted by Gasteiger charge is -2.32. The molecule has 5 rings (SSSR count). The summed E-state index contributed by atoms with van der Waals surface area (Å²) in [6.07, 6.45) is 1.83. The molecule has 2 aromatic carbocycles. The zero-order valence-electron chi connectivity index (χ0n) is 15.5. The average Bonchev–Trinajstić information content (AvgIpc) is 3.00. The predicted octanol–water partition coefficient (Wildman–Crippen LogP) is 2.96. The van der Waals surface area contributed by atoms with E-state index in [1.54, 1.807) is 6.07 Å². The SMILES string of the molecule is CN1C(=O)C2CCC1CN(C(=O)c1ccccc1OCc1ccccc1)C2. The Kier molecular flexibility index (Phi) is 4.84. The fourth-order valence-electron chi connectivity index (χ4n) is 4.00. The Morgan fingerprint density at radius 2 is 1.78 bits per heavy atom. The van der Waals surface area contributed by atoms with Crippen molar-refractivity contribution >= 4 is 11.8 Å². The summed E-state index contributed by atoms with van der Waals surface area (Å²) < 4.78 is 5.95. The lowest BCUT2D eigenvalue weighted by Crippen LogP contribution is -2.45. The number of hydrogen-bond donors (Lipinski definition) is 0. The van der Waals surface area contributed by atoms with E-state index in [0.717, 1.165) is 18.4 Å². The van der Waals surface area contributed by atoms with Crippen molar-refractivity contribution in [3.63, 3.8) is 0 Å². The Labute approximate surface area is 159 Å². The number of likely N-dealkylation sites (N-methyl/N-ethyl adjacent to an activating group) is 1. The first-order chi connectivity index (χ1) is 13.1. The number of carbonyl (C=O) groups excluding carboxylic acids is 2. The number of ether oxygens (including phenoxy) is 1. The molecule has 3 aliphatic rings. The topological polar surface area (TPSA) is 49.9 Å². The summed E-state index contributed by atoms with van der Waals surface area (Å²) in [5.74, 6) is 0.603. The molecule has 2 aromatic rings. The molecule has 3 fully saturated rings. The van der Waals surface area contributed by atoms with Crippen LogP contribution in [0.2, 0.25) is 0 Å². The number of hydrogen-bond acceptors (Lipinski definition) is 3. The van der Waals surface area contributed by atoms with Crippen molar-refractivity contribution in [1.82, 2.24) is 9.80 Å². The number of benzene rings is 2. The smallest absolute Gasteiger partial charge is 0.257 e. The van der Waals surface area contributed by atoms with Crippen molar-refractivity contribution in [3.05, 3.63) is 65.7 Å². The normalized spacial score (nSPS) is 21.9. The van der Waals surface area contributed by atoms with Gasteiger partial charge in [0.15, 0.2) is 0 Å². The number of rotatable bonds is 4. The number of nitrogens with zero attached hydrogens (tertiary/aromatic N) is 2. The molecule has 2 bridgehead atoms. The van der Waals surface area contributed by atoms with Gasteiger partial charge in [0.2, 0.25) is 5.91 Å². The Hall–Kier alpha value is -2.82. The van der Waals surface area contributed by atoms with Crippen molar-refractivity contribution < 1.29 is 14.3 Å². The fourth-order valence-corrected chi connectivity index (χ4v) is 4.00. The first kappa shape index (κ1) is 17.6. The standard InChI is InChI=1S/C22H24N2O3/c1-23-18-12-11-17(21(23)25)13-24(14-18)22(26)19-9-5-6-10-20(19)27-15-16-7-3-2-4-8-16/h2-10,17-18H,11-15H2,1H3. The Bertz CT molecular complexity index is 836. The van der Waals surface area contributed by atoms with E-state index in [9.17, 15) is 9.59 Å². The highest BCUT2D eigenvalue weighted by Crippen LogP contribution is 2.30. The van der Waals surface area contributed by atoms with Crippen LogP contribution in [0.4, 0.5) is 0 Å². The molecule has 2 atom stereocenters. The van der Waals surface area contributed by atoms with E-state index in [2.05, 4.69) is 0 Å². The Morgan fingerprint density at radius 1 is 1.04 bits per heavy atom. The van der Waals surface area contributed by atoms with Crippen LogP contribution in [-0.2, 0) is 11.4 Å². The van der Waals surface area contributed by atoms with Gasteiger partial charge in [-0.15, -0.1) is 0 Å². The van der Waals surface area contributed by atoms with Gasteiger partial charge >= 0.3 is 0 Å². The number of para-hydroxylation sites is 1. The van der Waals surface area contributed by atoms with Gasteiger partial charge in [0.1, 0.15) is 12.4 Å². The van der Waals surface area contributed by atoms with Gasteiger partial charge in [-0.25, -0.2) is 0 Å². The van der Waals surface area contributed by atoms with E-state index >= 15 is 0 Å². The molecule has 3 heterocycles. The molecule has 2 unspecified atom stereocenters. The van der Waals surface area contributed by atoms with Crippen LogP contribution in [0.15, 0.2) is 54.6 Å². The quantitative estimate of drug-likeness (QED) is 0.838. The maximum absolute atomic E-state index is 13.2. The maximum atomic E-state index is 13.2. The number of carbonyl (C=O) groups is 2. The second-order valence-electron chi connectivity index (χ2n) is 7.36. The summed E-state index contributed by atoms with van der Waals surface area (Å²) in [6.45, 7) is 1.49. The minimum absolute atomic E-state index is 0.0568. The molecule has 0 N–H and O–H groups in total. The molecule has 0 aromatic heterocycles. The molecule has 3 aliphatic heterocycles. The molecule has 5 heteroatoms. The number of amides is 2. The highest BCUT2D eigenvalue weighted by Gasteiger charge is 2.40. The van der Waals surface area contributed by atoms with Crippen LogP contribution in [0.1, 0.15) is 28.8 Å². The van der Waals surface area contributed by atoms with E-state index in [1.807, 2.05) is 65.4 Å². The van der Waals surface area contributed by atoms with Gasteiger partial charge in [0.25, 0.3) is 5.91 Å². The van der Waals surface area contributed by atoms with Crippen molar-refractivity contribution in [2.75, 3.05) is 20.1 Å². The Morgan fingerprint density at radius 3 is 2.59 bits per heavy atom. The van der Waals surface area contributed by atoms with Crippen LogP contribution in [0, 0.1) is 5.92 Å². The molecule has 3 saturated heterocycles. The monoisotopic (exact) mass is 364 g/mol. The van der Waals surface area contributed by atoms with Crippen LogP contribution in [0.3, 0.4) is 0 Å². The second kappa shape index (κ2) is 7.43. The van der Waals surface area contributed by atoms with Gasteiger partial charge in [0, 0.05) is 26.2 Å². The number of fused-ring (bicyclic) bond motifs is 4. The third kappa shape index (κ3) is 3.54. The third-order valence-electron chi connectivity index (χ3n) is 5.61. The van der Waals surface area contributed by atoms with Gasteiger partial charge in [-0.2, -0.15) is 0 Å². The maximum Gasteiger partial charge on any atom is 0.257 e. The first-order valence-electron chi connectivity index (χ1n) is 9.45. The van der Waals surface area contributed by atoms with Gasteiger partial charge in [-0.05, 0) is 30.5 Å². The molecule has 0 spiro atoms. The van der Waals surface area contributed by atoms with Crippen LogP contribution in [-0.4, -0.2) is 47.8 Å². The van der Waals surface area contributed by atoms with Crippen LogP contribution in [0.5, 0.6) is 5.75 Å². The average molecular weight is 364 g/mol. The van der Waals surface area contributed by atoms with Crippen molar-refractivity contribution in [2.45, 2.75) is 25.5 Å². The Balaban J connectivity index is 1.53. The lowest BCUT2D eigenvalue weighted by molar-refractivity contribution is -0.138. The van der Waals surface area contributed by atoms with E-state index in [4.69, 9.17) is 4.74 Å². The van der Waals surface area contributed by atoms with Gasteiger partial charge in [0.05, 0.1) is 11.5 Å². The molecule has 5 nitrogen and oxygen atoms in total. The van der Waals surface area contributed by atoms with Gasteiger partial charge in [-0.3, -0.25) is 9.59 Å². The van der Waals surface area contributed by atoms with Crippen LogP contribution < -0.4 is 4.74 Å². The summed E-state index contributed by atoms with van der Waals surface area (Å²) in [5.41, 5.74) is 1.62. The van der Waals surface area contributed by atoms with Crippen LogP contribution >= 0.6 is 0 Å². The minimum atomic E-state index is -0.0879. The molecule has 0 saturated carbocycles. The molecule has 2 amide bonds. The molecule has 0 radical (unpaired) electrons. The fraction of sp³-hybridized carbons (Fsp3) is 0.364. The second-order valence-corrected chi connectivity index (χ2v) is 7.36. The zero-order chi connectivity index (χ0) is 18.8.